The Balaban J connectivity index is 3.12. The third-order valence-corrected chi connectivity index (χ3v) is 2.70. The summed E-state index contributed by atoms with van der Waals surface area (Å²) in [6.07, 6.45) is 2.40. The minimum absolute atomic E-state index is 0.0305. The quantitative estimate of drug-likeness (QED) is 0.882. The summed E-state index contributed by atoms with van der Waals surface area (Å²) >= 11 is 3.27. The molecule has 1 N–H and O–H groups in total. The number of benzene rings is 1. The number of hydrogen-bond donors (Lipinski definition) is 1. The van der Waals surface area contributed by atoms with Gasteiger partial charge in [-0.05, 0) is 30.2 Å². The monoisotopic (exact) mass is 258 g/mol. The van der Waals surface area contributed by atoms with Crippen LogP contribution in [0, 0.1) is 5.82 Å². The molecule has 1 aromatic rings. The molecular weight excluding hydrogens is 247 g/mol. The smallest absolute Gasteiger partial charge is 0.131 e. The first-order valence-corrected chi connectivity index (χ1v) is 5.22. The van der Waals surface area contributed by atoms with Crippen molar-refractivity contribution >= 4 is 22.0 Å². The Labute approximate surface area is 91.4 Å². The van der Waals surface area contributed by atoms with Gasteiger partial charge < -0.3 is 5.11 Å². The highest BCUT2D eigenvalue weighted by Crippen LogP contribution is 2.22. The molecule has 0 aliphatic heterocycles. The van der Waals surface area contributed by atoms with Crippen LogP contribution in [0.1, 0.15) is 18.9 Å². The van der Waals surface area contributed by atoms with Crippen LogP contribution in [0.4, 0.5) is 4.39 Å². The highest BCUT2D eigenvalue weighted by atomic mass is 79.9. The van der Waals surface area contributed by atoms with E-state index in [4.69, 9.17) is 5.11 Å². The van der Waals surface area contributed by atoms with Gasteiger partial charge in [0.05, 0.1) is 6.61 Å². The van der Waals surface area contributed by atoms with Crippen LogP contribution < -0.4 is 0 Å². The van der Waals surface area contributed by atoms with Gasteiger partial charge in [0.25, 0.3) is 0 Å². The minimum atomic E-state index is -0.279. The van der Waals surface area contributed by atoms with E-state index in [0.717, 1.165) is 12.0 Å². The number of hydrogen-bond acceptors (Lipinski definition) is 1. The Kier molecular flexibility index (Phi) is 4.29. The molecule has 0 aliphatic carbocycles. The summed E-state index contributed by atoms with van der Waals surface area (Å²) in [5, 5.41) is 8.96. The summed E-state index contributed by atoms with van der Waals surface area (Å²) in [5.41, 5.74) is 1.31. The SMILES string of the molecule is CC/C(=C/c1c(F)cccc1Br)CO. The number of aliphatic hydroxyl groups is 1. The highest BCUT2D eigenvalue weighted by Gasteiger charge is 2.04. The second-order valence-electron chi connectivity index (χ2n) is 2.95. The zero-order valence-corrected chi connectivity index (χ0v) is 9.51. The number of aliphatic hydroxyl groups excluding tert-OH is 1. The van der Waals surface area contributed by atoms with Gasteiger partial charge in [-0.1, -0.05) is 28.9 Å². The average molecular weight is 259 g/mol. The van der Waals surface area contributed by atoms with Crippen molar-refractivity contribution in [3.8, 4) is 0 Å². The van der Waals surface area contributed by atoms with E-state index in [1.165, 1.54) is 6.07 Å². The molecule has 0 atom stereocenters. The van der Waals surface area contributed by atoms with E-state index in [0.29, 0.717) is 10.0 Å². The molecule has 0 amide bonds. The van der Waals surface area contributed by atoms with E-state index in [2.05, 4.69) is 15.9 Å². The van der Waals surface area contributed by atoms with Gasteiger partial charge >= 0.3 is 0 Å². The lowest BCUT2D eigenvalue weighted by Gasteiger charge is -2.03. The molecule has 1 nitrogen and oxygen atoms in total. The molecule has 0 saturated carbocycles. The fourth-order valence-corrected chi connectivity index (χ4v) is 1.57. The third-order valence-electron chi connectivity index (χ3n) is 2.01. The number of halogens is 2. The normalized spacial score (nSPS) is 11.9. The van der Waals surface area contributed by atoms with Crippen LogP contribution in [-0.4, -0.2) is 11.7 Å². The molecule has 0 fully saturated rings. The standard InChI is InChI=1S/C11H12BrFO/c1-2-8(7-14)6-9-10(12)4-3-5-11(9)13/h3-6,14H,2,7H2,1H3/b8-6-. The topological polar surface area (TPSA) is 20.2 Å². The van der Waals surface area contributed by atoms with Crippen molar-refractivity contribution in [1.29, 1.82) is 0 Å². The molecule has 0 spiro atoms. The van der Waals surface area contributed by atoms with E-state index in [9.17, 15) is 4.39 Å². The van der Waals surface area contributed by atoms with Crippen LogP contribution in [0.25, 0.3) is 6.08 Å². The van der Waals surface area contributed by atoms with Gasteiger partial charge in [-0.25, -0.2) is 4.39 Å². The predicted molar refractivity (Wildman–Crippen MR) is 59.5 cm³/mol. The van der Waals surface area contributed by atoms with Crippen molar-refractivity contribution in [2.75, 3.05) is 6.61 Å². The molecule has 0 bridgehead atoms. The summed E-state index contributed by atoms with van der Waals surface area (Å²) in [6.45, 7) is 1.90. The van der Waals surface area contributed by atoms with Crippen molar-refractivity contribution < 1.29 is 9.50 Å². The lowest BCUT2D eigenvalue weighted by molar-refractivity contribution is 0.329. The van der Waals surface area contributed by atoms with Gasteiger partial charge in [-0.2, -0.15) is 0 Å². The summed E-state index contributed by atoms with van der Waals surface area (Å²) < 4.78 is 14.0. The first kappa shape index (κ1) is 11.4. The predicted octanol–water partition coefficient (Wildman–Crippen LogP) is 3.37. The largest absolute Gasteiger partial charge is 0.392 e. The summed E-state index contributed by atoms with van der Waals surface area (Å²) in [6, 6.07) is 4.82. The summed E-state index contributed by atoms with van der Waals surface area (Å²) in [4.78, 5) is 0. The second kappa shape index (κ2) is 5.27. The lowest BCUT2D eigenvalue weighted by atomic mass is 10.1. The molecule has 1 aromatic carbocycles. The van der Waals surface area contributed by atoms with E-state index < -0.39 is 0 Å². The van der Waals surface area contributed by atoms with Crippen LogP contribution in [0.15, 0.2) is 28.2 Å². The first-order chi connectivity index (χ1) is 6.69. The van der Waals surface area contributed by atoms with E-state index in [1.54, 1.807) is 18.2 Å². The Hall–Kier alpha value is -0.670. The van der Waals surface area contributed by atoms with Gasteiger partial charge in [0.1, 0.15) is 5.82 Å². The molecule has 1 rings (SSSR count). The Morgan fingerprint density at radius 1 is 1.57 bits per heavy atom. The molecule has 0 heterocycles. The highest BCUT2D eigenvalue weighted by molar-refractivity contribution is 9.10. The zero-order chi connectivity index (χ0) is 10.6. The lowest BCUT2D eigenvalue weighted by Crippen LogP contribution is -1.90. The maximum Gasteiger partial charge on any atom is 0.131 e. The van der Waals surface area contributed by atoms with Crippen LogP contribution in [0.5, 0.6) is 0 Å². The molecule has 0 aromatic heterocycles. The van der Waals surface area contributed by atoms with E-state index >= 15 is 0 Å². The van der Waals surface area contributed by atoms with Crippen molar-refractivity contribution in [3.63, 3.8) is 0 Å². The van der Waals surface area contributed by atoms with E-state index in [-0.39, 0.29) is 12.4 Å². The molecule has 0 radical (unpaired) electrons. The average Bonchev–Trinajstić information content (AvgIpc) is 2.18. The maximum atomic E-state index is 13.3. The summed E-state index contributed by atoms with van der Waals surface area (Å²) in [7, 11) is 0. The van der Waals surface area contributed by atoms with Gasteiger partial charge in [-0.3, -0.25) is 0 Å². The fourth-order valence-electron chi connectivity index (χ4n) is 1.11. The Bertz CT molecular complexity index is 321. The van der Waals surface area contributed by atoms with Crippen LogP contribution in [0.2, 0.25) is 0 Å². The van der Waals surface area contributed by atoms with Crippen LogP contribution >= 0.6 is 15.9 Å². The van der Waals surface area contributed by atoms with Gasteiger partial charge in [-0.15, -0.1) is 0 Å². The van der Waals surface area contributed by atoms with Gasteiger partial charge in [0.2, 0.25) is 0 Å². The first-order valence-electron chi connectivity index (χ1n) is 4.43. The third kappa shape index (κ3) is 2.66. The zero-order valence-electron chi connectivity index (χ0n) is 7.93. The van der Waals surface area contributed by atoms with Gasteiger partial charge in [0.15, 0.2) is 0 Å². The van der Waals surface area contributed by atoms with Crippen LogP contribution in [0.3, 0.4) is 0 Å². The maximum absolute atomic E-state index is 13.3. The minimum Gasteiger partial charge on any atom is -0.392 e. The molecule has 14 heavy (non-hydrogen) atoms. The van der Waals surface area contributed by atoms with E-state index in [1.807, 2.05) is 6.92 Å². The number of rotatable bonds is 3. The van der Waals surface area contributed by atoms with Crippen molar-refractivity contribution in [3.05, 3.63) is 39.6 Å². The van der Waals surface area contributed by atoms with Gasteiger partial charge in [0, 0.05) is 10.0 Å². The van der Waals surface area contributed by atoms with Crippen molar-refractivity contribution in [2.24, 2.45) is 0 Å². The molecule has 0 saturated heterocycles. The molecule has 0 aliphatic rings. The second-order valence-corrected chi connectivity index (χ2v) is 3.80. The van der Waals surface area contributed by atoms with Crippen LogP contribution in [-0.2, 0) is 0 Å². The Morgan fingerprint density at radius 3 is 2.79 bits per heavy atom. The fraction of sp³-hybridized carbons (Fsp3) is 0.273. The van der Waals surface area contributed by atoms with Crippen molar-refractivity contribution in [1.82, 2.24) is 0 Å². The molecule has 76 valence electrons. The summed E-state index contributed by atoms with van der Waals surface area (Å²) in [5.74, 6) is -0.279. The molecule has 0 unspecified atom stereocenters. The van der Waals surface area contributed by atoms with Crippen molar-refractivity contribution in [2.45, 2.75) is 13.3 Å². The Morgan fingerprint density at radius 2 is 2.29 bits per heavy atom. The molecular formula is C11H12BrFO. The molecule has 3 heteroatoms.